The number of hydrogen-bond acceptors (Lipinski definition) is 2. The van der Waals surface area contributed by atoms with Crippen LogP contribution >= 0.6 is 0 Å². The van der Waals surface area contributed by atoms with Crippen LogP contribution in [0.2, 0.25) is 0 Å². The minimum absolute atomic E-state index is 0.00224. The zero-order valence-electron chi connectivity index (χ0n) is 10.7. The second kappa shape index (κ2) is 6.41. The van der Waals surface area contributed by atoms with E-state index in [0.29, 0.717) is 6.04 Å². The predicted molar refractivity (Wildman–Crippen MR) is 62.7 cm³/mol. The van der Waals surface area contributed by atoms with Crippen LogP contribution in [-0.4, -0.2) is 24.3 Å². The fourth-order valence-electron chi connectivity index (χ4n) is 1.57. The Bertz CT molecular complexity index is 145. The van der Waals surface area contributed by atoms with Crippen molar-refractivity contribution >= 4 is 0 Å². The predicted octanol–water partition coefficient (Wildman–Crippen LogP) is 2.97. The molecular weight excluding hydrogens is 174 g/mol. The van der Waals surface area contributed by atoms with Gasteiger partial charge in [0.2, 0.25) is 0 Å². The Kier molecular flexibility index (Phi) is 6.38. The molecule has 0 saturated heterocycles. The van der Waals surface area contributed by atoms with Gasteiger partial charge in [-0.15, -0.1) is 0 Å². The SMILES string of the molecule is CCNC(CC)C(C)OC(C)(C)CC. The van der Waals surface area contributed by atoms with Crippen molar-refractivity contribution < 1.29 is 4.74 Å². The molecule has 0 aliphatic carbocycles. The van der Waals surface area contributed by atoms with E-state index < -0.39 is 0 Å². The largest absolute Gasteiger partial charge is 0.371 e. The quantitative estimate of drug-likeness (QED) is 0.684. The molecule has 2 nitrogen and oxygen atoms in total. The standard InChI is InChI=1S/C12H27NO/c1-7-11(13-9-3)10(4)14-12(5,6)8-2/h10-11,13H,7-9H2,1-6H3. The lowest BCUT2D eigenvalue weighted by Gasteiger charge is -2.32. The topological polar surface area (TPSA) is 21.3 Å². The summed E-state index contributed by atoms with van der Waals surface area (Å²) in [6.07, 6.45) is 2.46. The van der Waals surface area contributed by atoms with E-state index in [0.717, 1.165) is 19.4 Å². The number of hydrogen-bond donors (Lipinski definition) is 1. The summed E-state index contributed by atoms with van der Waals surface area (Å²) in [7, 11) is 0. The van der Waals surface area contributed by atoms with E-state index in [2.05, 4.69) is 46.9 Å². The van der Waals surface area contributed by atoms with Crippen LogP contribution in [0.15, 0.2) is 0 Å². The molecule has 0 aliphatic rings. The van der Waals surface area contributed by atoms with Gasteiger partial charge in [-0.05, 0) is 40.2 Å². The maximum absolute atomic E-state index is 6.03. The van der Waals surface area contributed by atoms with E-state index in [4.69, 9.17) is 4.74 Å². The molecule has 0 amide bonds. The lowest BCUT2D eigenvalue weighted by Crippen LogP contribution is -2.43. The van der Waals surface area contributed by atoms with Gasteiger partial charge in [-0.25, -0.2) is 0 Å². The molecule has 0 aromatic rings. The number of nitrogens with one attached hydrogen (secondary N) is 1. The summed E-state index contributed by atoms with van der Waals surface area (Å²) in [5, 5.41) is 3.45. The van der Waals surface area contributed by atoms with Gasteiger partial charge in [0.25, 0.3) is 0 Å². The Morgan fingerprint density at radius 1 is 1.21 bits per heavy atom. The van der Waals surface area contributed by atoms with Crippen molar-refractivity contribution in [1.82, 2.24) is 5.32 Å². The third-order valence-corrected chi connectivity index (χ3v) is 2.83. The molecule has 2 heteroatoms. The summed E-state index contributed by atoms with van der Waals surface area (Å²) in [4.78, 5) is 0. The van der Waals surface area contributed by atoms with E-state index in [9.17, 15) is 0 Å². The van der Waals surface area contributed by atoms with Crippen LogP contribution in [0.4, 0.5) is 0 Å². The fraction of sp³-hybridized carbons (Fsp3) is 1.00. The Morgan fingerprint density at radius 3 is 2.14 bits per heavy atom. The van der Waals surface area contributed by atoms with Gasteiger partial charge in [-0.2, -0.15) is 0 Å². The molecule has 1 N–H and O–H groups in total. The van der Waals surface area contributed by atoms with Crippen LogP contribution in [0.1, 0.15) is 54.4 Å². The van der Waals surface area contributed by atoms with Gasteiger partial charge in [0.15, 0.2) is 0 Å². The minimum atomic E-state index is 0.00224. The molecule has 86 valence electrons. The summed E-state index contributed by atoms with van der Waals surface area (Å²) in [6, 6.07) is 0.478. The molecule has 0 rings (SSSR count). The van der Waals surface area contributed by atoms with Crippen molar-refractivity contribution in [2.24, 2.45) is 0 Å². The van der Waals surface area contributed by atoms with Crippen LogP contribution in [-0.2, 0) is 4.74 Å². The zero-order chi connectivity index (χ0) is 11.2. The lowest BCUT2D eigenvalue weighted by molar-refractivity contribution is -0.0794. The number of rotatable bonds is 7. The molecular formula is C12H27NO. The van der Waals surface area contributed by atoms with Gasteiger partial charge < -0.3 is 10.1 Å². The Labute approximate surface area is 89.4 Å². The smallest absolute Gasteiger partial charge is 0.0707 e. The average Bonchev–Trinajstić information content (AvgIpc) is 2.13. The summed E-state index contributed by atoms with van der Waals surface area (Å²) >= 11 is 0. The van der Waals surface area contributed by atoms with Crippen molar-refractivity contribution in [3.05, 3.63) is 0 Å². The summed E-state index contributed by atoms with van der Waals surface area (Å²) in [5.74, 6) is 0. The first kappa shape index (κ1) is 13.9. The first-order valence-corrected chi connectivity index (χ1v) is 5.88. The van der Waals surface area contributed by atoms with Crippen LogP contribution < -0.4 is 5.32 Å². The monoisotopic (exact) mass is 201 g/mol. The minimum Gasteiger partial charge on any atom is -0.371 e. The van der Waals surface area contributed by atoms with Crippen molar-refractivity contribution in [3.63, 3.8) is 0 Å². The van der Waals surface area contributed by atoms with Crippen molar-refractivity contribution in [3.8, 4) is 0 Å². The first-order valence-electron chi connectivity index (χ1n) is 5.88. The van der Waals surface area contributed by atoms with E-state index in [1.54, 1.807) is 0 Å². The van der Waals surface area contributed by atoms with Gasteiger partial charge in [0.1, 0.15) is 0 Å². The van der Waals surface area contributed by atoms with E-state index in [1.807, 2.05) is 0 Å². The molecule has 0 saturated carbocycles. The third-order valence-electron chi connectivity index (χ3n) is 2.83. The normalized spacial score (nSPS) is 16.7. The van der Waals surface area contributed by atoms with Gasteiger partial charge in [-0.1, -0.05) is 20.8 Å². The van der Waals surface area contributed by atoms with Crippen molar-refractivity contribution in [1.29, 1.82) is 0 Å². The molecule has 2 atom stereocenters. The first-order chi connectivity index (χ1) is 6.46. The van der Waals surface area contributed by atoms with Crippen LogP contribution in [0.3, 0.4) is 0 Å². The molecule has 0 bridgehead atoms. The fourth-order valence-corrected chi connectivity index (χ4v) is 1.57. The molecule has 0 heterocycles. The molecule has 0 aromatic carbocycles. The molecule has 2 unspecified atom stereocenters. The molecule has 0 aromatic heterocycles. The highest BCUT2D eigenvalue weighted by Gasteiger charge is 2.23. The molecule has 14 heavy (non-hydrogen) atoms. The van der Waals surface area contributed by atoms with Crippen LogP contribution in [0.5, 0.6) is 0 Å². The summed E-state index contributed by atoms with van der Waals surface area (Å²) in [5.41, 5.74) is 0.00224. The Hall–Kier alpha value is -0.0800. The molecule has 0 fully saturated rings. The van der Waals surface area contributed by atoms with Crippen LogP contribution in [0, 0.1) is 0 Å². The zero-order valence-corrected chi connectivity index (χ0v) is 10.7. The molecule has 0 spiro atoms. The van der Waals surface area contributed by atoms with E-state index in [-0.39, 0.29) is 11.7 Å². The lowest BCUT2D eigenvalue weighted by atomic mass is 10.0. The Morgan fingerprint density at radius 2 is 1.79 bits per heavy atom. The number of ether oxygens (including phenoxy) is 1. The van der Waals surface area contributed by atoms with E-state index in [1.165, 1.54) is 0 Å². The van der Waals surface area contributed by atoms with E-state index >= 15 is 0 Å². The Balaban J connectivity index is 4.09. The van der Waals surface area contributed by atoms with Crippen LogP contribution in [0.25, 0.3) is 0 Å². The second-order valence-electron chi connectivity index (χ2n) is 4.51. The van der Waals surface area contributed by atoms with Gasteiger partial charge in [0, 0.05) is 6.04 Å². The van der Waals surface area contributed by atoms with Gasteiger partial charge >= 0.3 is 0 Å². The van der Waals surface area contributed by atoms with Gasteiger partial charge in [0.05, 0.1) is 11.7 Å². The highest BCUT2D eigenvalue weighted by atomic mass is 16.5. The third kappa shape index (κ3) is 4.97. The van der Waals surface area contributed by atoms with Crippen molar-refractivity contribution in [2.75, 3.05) is 6.54 Å². The second-order valence-corrected chi connectivity index (χ2v) is 4.51. The summed E-state index contributed by atoms with van der Waals surface area (Å²) < 4.78 is 6.03. The number of likely N-dealkylation sites (N-methyl/N-ethyl adjacent to an activating group) is 1. The van der Waals surface area contributed by atoms with Gasteiger partial charge in [-0.3, -0.25) is 0 Å². The molecule has 0 radical (unpaired) electrons. The maximum atomic E-state index is 6.03. The molecule has 0 aliphatic heterocycles. The van der Waals surface area contributed by atoms with Crippen molar-refractivity contribution in [2.45, 2.75) is 72.1 Å². The summed E-state index contributed by atoms with van der Waals surface area (Å²) in [6.45, 7) is 14.0. The highest BCUT2D eigenvalue weighted by Crippen LogP contribution is 2.18. The maximum Gasteiger partial charge on any atom is 0.0707 e. The average molecular weight is 201 g/mol. The highest BCUT2D eigenvalue weighted by molar-refractivity contribution is 4.76.